The number of ether oxygens (including phenoxy) is 1. The number of benzene rings is 2. The van der Waals surface area contributed by atoms with Gasteiger partial charge >= 0.3 is 0 Å². The van der Waals surface area contributed by atoms with Crippen LogP contribution in [0.4, 0.5) is 0 Å². The van der Waals surface area contributed by atoms with Gasteiger partial charge in [0.1, 0.15) is 5.75 Å². The molecule has 0 heterocycles. The van der Waals surface area contributed by atoms with Crippen LogP contribution in [0.25, 0.3) is 10.8 Å². The van der Waals surface area contributed by atoms with Crippen LogP contribution in [0.1, 0.15) is 20.3 Å². The second-order valence-electron chi connectivity index (χ2n) is 5.87. The molecule has 0 aliphatic rings. The number of aliphatic hydroxyl groups excluding tert-OH is 1. The predicted octanol–water partition coefficient (Wildman–Crippen LogP) is 2.74. The number of fused-ring (bicyclic) bond motifs is 1. The Balaban J connectivity index is 1.89. The topological polar surface area (TPSA) is 58.6 Å². The van der Waals surface area contributed by atoms with E-state index < -0.39 is 0 Å². The van der Waals surface area contributed by atoms with Gasteiger partial charge in [0.05, 0.1) is 12.6 Å². The molecule has 1 atom stereocenters. The first-order valence-corrected chi connectivity index (χ1v) is 7.60. The minimum Gasteiger partial charge on any atom is -0.484 e. The second-order valence-corrected chi connectivity index (χ2v) is 5.87. The van der Waals surface area contributed by atoms with E-state index in [4.69, 9.17) is 4.74 Å². The van der Waals surface area contributed by atoms with Crippen LogP contribution in [0.15, 0.2) is 42.5 Å². The molecule has 0 aromatic heterocycles. The molecule has 0 radical (unpaired) electrons. The highest BCUT2D eigenvalue weighted by Crippen LogP contribution is 2.20. The van der Waals surface area contributed by atoms with Crippen molar-refractivity contribution >= 4 is 16.7 Å². The number of amides is 1. The van der Waals surface area contributed by atoms with Gasteiger partial charge in [-0.25, -0.2) is 0 Å². The van der Waals surface area contributed by atoms with E-state index in [1.165, 1.54) is 0 Å². The summed E-state index contributed by atoms with van der Waals surface area (Å²) in [5, 5.41) is 14.3. The van der Waals surface area contributed by atoms with Gasteiger partial charge < -0.3 is 15.2 Å². The van der Waals surface area contributed by atoms with Gasteiger partial charge in [0.25, 0.3) is 5.91 Å². The zero-order valence-corrected chi connectivity index (χ0v) is 13.1. The zero-order chi connectivity index (χ0) is 15.9. The van der Waals surface area contributed by atoms with E-state index in [-0.39, 0.29) is 25.2 Å². The van der Waals surface area contributed by atoms with Gasteiger partial charge in [-0.05, 0) is 35.2 Å². The van der Waals surface area contributed by atoms with E-state index >= 15 is 0 Å². The molecule has 1 unspecified atom stereocenters. The molecule has 2 N–H and O–H groups in total. The van der Waals surface area contributed by atoms with Gasteiger partial charge in [0, 0.05) is 0 Å². The lowest BCUT2D eigenvalue weighted by molar-refractivity contribution is -0.124. The molecule has 1 amide bonds. The average Bonchev–Trinajstić information content (AvgIpc) is 2.51. The van der Waals surface area contributed by atoms with E-state index in [1.54, 1.807) is 0 Å². The summed E-state index contributed by atoms with van der Waals surface area (Å²) in [5.74, 6) is 0.866. The number of hydrogen-bond donors (Lipinski definition) is 2. The molecule has 0 spiro atoms. The standard InChI is InChI=1S/C18H23NO3/c1-13(2)9-16(11-20)19-18(21)12-22-17-8-7-14-5-3-4-6-15(14)10-17/h3-8,10,13,16,20H,9,11-12H2,1-2H3,(H,19,21). The Morgan fingerprint density at radius 3 is 2.59 bits per heavy atom. The highest BCUT2D eigenvalue weighted by Gasteiger charge is 2.13. The van der Waals surface area contributed by atoms with Gasteiger partial charge in [0.15, 0.2) is 6.61 Å². The Morgan fingerprint density at radius 2 is 1.91 bits per heavy atom. The fraction of sp³-hybridized carbons (Fsp3) is 0.389. The first-order chi connectivity index (χ1) is 10.6. The lowest BCUT2D eigenvalue weighted by Crippen LogP contribution is -2.40. The summed E-state index contributed by atoms with van der Waals surface area (Å²) in [4.78, 5) is 11.9. The highest BCUT2D eigenvalue weighted by molar-refractivity contribution is 5.84. The largest absolute Gasteiger partial charge is 0.484 e. The van der Waals surface area contributed by atoms with E-state index in [0.717, 1.165) is 17.2 Å². The molecule has 0 saturated heterocycles. The summed E-state index contributed by atoms with van der Waals surface area (Å²) in [6, 6.07) is 13.5. The van der Waals surface area contributed by atoms with Crippen LogP contribution in [0, 0.1) is 5.92 Å². The molecule has 0 saturated carbocycles. The third-order valence-corrected chi connectivity index (χ3v) is 3.43. The smallest absolute Gasteiger partial charge is 0.258 e. The molecule has 4 nitrogen and oxygen atoms in total. The van der Waals surface area contributed by atoms with Crippen molar-refractivity contribution in [3.05, 3.63) is 42.5 Å². The molecule has 0 fully saturated rings. The molecule has 0 bridgehead atoms. The number of aliphatic hydroxyl groups is 1. The van der Waals surface area contributed by atoms with Crippen LogP contribution in [0.2, 0.25) is 0 Å². The van der Waals surface area contributed by atoms with E-state index in [2.05, 4.69) is 19.2 Å². The number of hydrogen-bond acceptors (Lipinski definition) is 3. The SMILES string of the molecule is CC(C)CC(CO)NC(=O)COc1ccc2ccccc2c1. The summed E-state index contributed by atoms with van der Waals surface area (Å²) in [7, 11) is 0. The monoisotopic (exact) mass is 301 g/mol. The number of nitrogens with one attached hydrogen (secondary N) is 1. The minimum absolute atomic E-state index is 0.0487. The zero-order valence-electron chi connectivity index (χ0n) is 13.1. The maximum atomic E-state index is 11.9. The molecule has 118 valence electrons. The fourth-order valence-corrected chi connectivity index (χ4v) is 2.42. The van der Waals surface area contributed by atoms with Crippen LogP contribution >= 0.6 is 0 Å². The summed E-state index contributed by atoms with van der Waals surface area (Å²) in [6.45, 7) is 4.01. The Morgan fingerprint density at radius 1 is 1.18 bits per heavy atom. The van der Waals surface area contributed by atoms with Gasteiger partial charge in [-0.15, -0.1) is 0 Å². The fourth-order valence-electron chi connectivity index (χ4n) is 2.42. The quantitative estimate of drug-likeness (QED) is 0.826. The number of carbonyl (C=O) groups is 1. The molecule has 22 heavy (non-hydrogen) atoms. The van der Waals surface area contributed by atoms with Crippen molar-refractivity contribution in [1.82, 2.24) is 5.32 Å². The maximum Gasteiger partial charge on any atom is 0.258 e. The third kappa shape index (κ3) is 4.74. The van der Waals surface area contributed by atoms with E-state index in [0.29, 0.717) is 11.7 Å². The van der Waals surface area contributed by atoms with Crippen molar-refractivity contribution in [2.24, 2.45) is 5.92 Å². The van der Waals surface area contributed by atoms with Crippen molar-refractivity contribution in [3.8, 4) is 5.75 Å². The van der Waals surface area contributed by atoms with Crippen LogP contribution in [0.3, 0.4) is 0 Å². The van der Waals surface area contributed by atoms with Crippen LogP contribution < -0.4 is 10.1 Å². The minimum atomic E-state index is -0.215. The van der Waals surface area contributed by atoms with Crippen LogP contribution in [-0.2, 0) is 4.79 Å². The van der Waals surface area contributed by atoms with Gasteiger partial charge in [-0.3, -0.25) is 4.79 Å². The van der Waals surface area contributed by atoms with Gasteiger partial charge in [-0.1, -0.05) is 44.2 Å². The maximum absolute atomic E-state index is 11.9. The molecule has 2 aromatic carbocycles. The van der Waals surface area contributed by atoms with Crippen molar-refractivity contribution < 1.29 is 14.6 Å². The van der Waals surface area contributed by atoms with Crippen molar-refractivity contribution in [2.75, 3.05) is 13.2 Å². The Hall–Kier alpha value is -2.07. The van der Waals surface area contributed by atoms with Crippen molar-refractivity contribution in [1.29, 1.82) is 0 Å². The summed E-state index contributed by atoms with van der Waals surface area (Å²) in [6.07, 6.45) is 0.748. The third-order valence-electron chi connectivity index (χ3n) is 3.43. The van der Waals surface area contributed by atoms with Crippen molar-refractivity contribution in [3.63, 3.8) is 0 Å². The molecule has 2 aromatic rings. The second kappa shape index (κ2) is 7.80. The first-order valence-electron chi connectivity index (χ1n) is 7.60. The molecule has 0 aliphatic carbocycles. The normalized spacial score (nSPS) is 12.4. The summed E-state index contributed by atoms with van der Waals surface area (Å²) in [5.41, 5.74) is 0. The van der Waals surface area contributed by atoms with E-state index in [1.807, 2.05) is 42.5 Å². The van der Waals surface area contributed by atoms with Crippen LogP contribution in [-0.4, -0.2) is 30.3 Å². The molecular weight excluding hydrogens is 278 g/mol. The van der Waals surface area contributed by atoms with E-state index in [9.17, 15) is 9.90 Å². The van der Waals surface area contributed by atoms with Gasteiger partial charge in [0.2, 0.25) is 0 Å². The van der Waals surface area contributed by atoms with Crippen LogP contribution in [0.5, 0.6) is 5.75 Å². The van der Waals surface area contributed by atoms with Gasteiger partial charge in [-0.2, -0.15) is 0 Å². The summed E-state index contributed by atoms with van der Waals surface area (Å²) < 4.78 is 5.53. The average molecular weight is 301 g/mol. The molecule has 0 aliphatic heterocycles. The first kappa shape index (κ1) is 16.3. The number of rotatable bonds is 7. The van der Waals surface area contributed by atoms with Crippen molar-refractivity contribution in [2.45, 2.75) is 26.3 Å². The Bertz CT molecular complexity index is 625. The molecule has 4 heteroatoms. The lowest BCUT2D eigenvalue weighted by Gasteiger charge is -2.18. The number of carbonyl (C=O) groups excluding carboxylic acids is 1. The molecular formula is C18H23NO3. The highest BCUT2D eigenvalue weighted by atomic mass is 16.5. The Labute approximate surface area is 131 Å². The Kier molecular flexibility index (Phi) is 5.78. The lowest BCUT2D eigenvalue weighted by atomic mass is 10.0. The molecule has 2 rings (SSSR count). The predicted molar refractivity (Wildman–Crippen MR) is 87.9 cm³/mol. The summed E-state index contributed by atoms with van der Waals surface area (Å²) >= 11 is 0.